The van der Waals surface area contributed by atoms with Crippen molar-refractivity contribution in [3.05, 3.63) is 64.7 Å². The SMILES string of the molecule is Cc1ccc(C(=O)c2cccc(N/N=C(\C#N)C(=N)N)c2)cc1C. The Bertz CT molecular complexity index is 877. The molecule has 0 aliphatic heterocycles. The van der Waals surface area contributed by atoms with E-state index < -0.39 is 5.84 Å². The smallest absolute Gasteiger partial charge is 0.201 e. The molecule has 0 saturated carbocycles. The number of ketones is 1. The molecule has 0 bridgehead atoms. The lowest BCUT2D eigenvalue weighted by Gasteiger charge is -2.07. The summed E-state index contributed by atoms with van der Waals surface area (Å²) < 4.78 is 0. The molecule has 6 nitrogen and oxygen atoms in total. The van der Waals surface area contributed by atoms with Crippen LogP contribution in [0, 0.1) is 30.6 Å². The average molecular weight is 319 g/mol. The van der Waals surface area contributed by atoms with E-state index >= 15 is 0 Å². The van der Waals surface area contributed by atoms with Gasteiger partial charge in [-0.3, -0.25) is 15.6 Å². The molecular formula is C18H17N5O. The van der Waals surface area contributed by atoms with E-state index in [-0.39, 0.29) is 11.5 Å². The third kappa shape index (κ3) is 3.84. The minimum absolute atomic E-state index is 0.0993. The fraction of sp³-hybridized carbons (Fsp3) is 0.111. The Balaban J connectivity index is 2.27. The molecule has 0 radical (unpaired) electrons. The van der Waals surface area contributed by atoms with Crippen molar-refractivity contribution in [1.29, 1.82) is 10.7 Å². The van der Waals surface area contributed by atoms with Crippen molar-refractivity contribution in [3.8, 4) is 6.07 Å². The summed E-state index contributed by atoms with van der Waals surface area (Å²) in [5.41, 5.74) is 11.5. The van der Waals surface area contributed by atoms with Crippen LogP contribution in [-0.2, 0) is 0 Å². The number of rotatable bonds is 5. The zero-order valence-corrected chi connectivity index (χ0v) is 13.4. The number of nitriles is 1. The highest BCUT2D eigenvalue weighted by atomic mass is 16.1. The standard InChI is InChI=1S/C18H17N5O/c1-11-6-7-14(8-12(11)2)17(24)13-4-3-5-15(9-13)22-23-16(10-19)18(20)21/h3-9,22H,1-2H3,(H3,20,21)/b23-16+. The summed E-state index contributed by atoms with van der Waals surface area (Å²) in [5.74, 6) is -0.523. The lowest BCUT2D eigenvalue weighted by atomic mass is 9.99. The molecule has 4 N–H and O–H groups in total. The molecule has 0 fully saturated rings. The molecular weight excluding hydrogens is 302 g/mol. The number of hydrogen-bond acceptors (Lipinski definition) is 5. The molecule has 0 saturated heterocycles. The number of amidine groups is 1. The van der Waals surface area contributed by atoms with Crippen molar-refractivity contribution in [2.45, 2.75) is 13.8 Å². The molecule has 2 aromatic rings. The Labute approximate surface area is 140 Å². The zero-order chi connectivity index (χ0) is 17.7. The summed E-state index contributed by atoms with van der Waals surface area (Å²) in [6, 6.07) is 14.1. The number of nitrogens with one attached hydrogen (secondary N) is 2. The average Bonchev–Trinajstić information content (AvgIpc) is 2.57. The van der Waals surface area contributed by atoms with E-state index in [0.29, 0.717) is 16.8 Å². The van der Waals surface area contributed by atoms with Gasteiger partial charge in [-0.1, -0.05) is 24.3 Å². The maximum Gasteiger partial charge on any atom is 0.201 e. The second kappa shape index (κ2) is 7.20. The van der Waals surface area contributed by atoms with Crippen LogP contribution < -0.4 is 11.2 Å². The first-order valence-electron chi connectivity index (χ1n) is 7.22. The number of nitrogens with zero attached hydrogens (tertiary/aromatic N) is 2. The highest BCUT2D eigenvalue weighted by molar-refractivity contribution is 6.45. The van der Waals surface area contributed by atoms with Crippen LogP contribution in [-0.4, -0.2) is 17.3 Å². The largest absolute Gasteiger partial charge is 0.382 e. The number of hydrazone groups is 1. The zero-order valence-electron chi connectivity index (χ0n) is 13.4. The molecule has 0 atom stereocenters. The van der Waals surface area contributed by atoms with E-state index in [4.69, 9.17) is 16.4 Å². The number of carbonyl (C=O) groups is 1. The Hall–Kier alpha value is -3.46. The van der Waals surface area contributed by atoms with Gasteiger partial charge in [0.2, 0.25) is 5.71 Å². The van der Waals surface area contributed by atoms with Crippen molar-refractivity contribution < 1.29 is 4.79 Å². The maximum atomic E-state index is 12.6. The van der Waals surface area contributed by atoms with Crippen LogP contribution in [0.5, 0.6) is 0 Å². The van der Waals surface area contributed by atoms with Gasteiger partial charge < -0.3 is 5.73 Å². The van der Waals surface area contributed by atoms with E-state index in [1.54, 1.807) is 36.4 Å². The Morgan fingerprint density at radius 3 is 2.50 bits per heavy atom. The summed E-state index contributed by atoms with van der Waals surface area (Å²) in [4.78, 5) is 12.6. The van der Waals surface area contributed by atoms with Crippen LogP contribution >= 0.6 is 0 Å². The van der Waals surface area contributed by atoms with Gasteiger partial charge in [0.05, 0.1) is 5.69 Å². The van der Waals surface area contributed by atoms with Crippen LogP contribution in [0.4, 0.5) is 5.69 Å². The van der Waals surface area contributed by atoms with Gasteiger partial charge in [-0.15, -0.1) is 0 Å². The van der Waals surface area contributed by atoms with Gasteiger partial charge in [0, 0.05) is 11.1 Å². The summed E-state index contributed by atoms with van der Waals surface area (Å²) in [6.45, 7) is 3.96. The van der Waals surface area contributed by atoms with Gasteiger partial charge in [0.25, 0.3) is 0 Å². The first-order valence-corrected chi connectivity index (χ1v) is 7.22. The summed E-state index contributed by atoms with van der Waals surface area (Å²) in [6.07, 6.45) is 0. The van der Waals surface area contributed by atoms with E-state index in [1.807, 2.05) is 26.0 Å². The van der Waals surface area contributed by atoms with E-state index in [2.05, 4.69) is 10.5 Å². The quantitative estimate of drug-likeness (QED) is 0.340. The number of anilines is 1. The first kappa shape index (κ1) is 16.9. The number of carbonyl (C=O) groups excluding carboxylic acids is 1. The second-order valence-electron chi connectivity index (χ2n) is 5.31. The Kier molecular flexibility index (Phi) is 5.07. The van der Waals surface area contributed by atoms with Crippen LogP contribution in [0.25, 0.3) is 0 Å². The third-order valence-corrected chi connectivity index (χ3v) is 3.55. The summed E-state index contributed by atoms with van der Waals surface area (Å²) in [5, 5.41) is 19.8. The normalized spacial score (nSPS) is 10.8. The van der Waals surface area contributed by atoms with E-state index in [0.717, 1.165) is 11.1 Å². The minimum Gasteiger partial charge on any atom is -0.382 e. The van der Waals surface area contributed by atoms with Gasteiger partial charge in [-0.05, 0) is 43.2 Å². The molecule has 120 valence electrons. The lowest BCUT2D eigenvalue weighted by molar-refractivity contribution is 0.103. The Morgan fingerprint density at radius 2 is 1.88 bits per heavy atom. The fourth-order valence-electron chi connectivity index (χ4n) is 2.05. The van der Waals surface area contributed by atoms with Crippen LogP contribution in [0.2, 0.25) is 0 Å². The van der Waals surface area contributed by atoms with Crippen LogP contribution in [0.1, 0.15) is 27.0 Å². The molecule has 2 rings (SSSR count). The number of hydrogen-bond donors (Lipinski definition) is 3. The predicted molar refractivity (Wildman–Crippen MR) is 94.4 cm³/mol. The van der Waals surface area contributed by atoms with Crippen molar-refractivity contribution in [2.75, 3.05) is 5.43 Å². The van der Waals surface area contributed by atoms with Crippen molar-refractivity contribution in [1.82, 2.24) is 0 Å². The van der Waals surface area contributed by atoms with Gasteiger partial charge in [0.15, 0.2) is 11.6 Å². The monoisotopic (exact) mass is 319 g/mol. The molecule has 0 heterocycles. The first-order chi connectivity index (χ1) is 11.4. The number of aryl methyl sites for hydroxylation is 2. The fourth-order valence-corrected chi connectivity index (χ4v) is 2.05. The topological polar surface area (TPSA) is 115 Å². The minimum atomic E-state index is -0.424. The lowest BCUT2D eigenvalue weighted by Crippen LogP contribution is -2.21. The van der Waals surface area contributed by atoms with Gasteiger partial charge in [0.1, 0.15) is 6.07 Å². The van der Waals surface area contributed by atoms with E-state index in [9.17, 15) is 4.79 Å². The number of benzene rings is 2. The summed E-state index contributed by atoms with van der Waals surface area (Å²) in [7, 11) is 0. The third-order valence-electron chi connectivity index (χ3n) is 3.55. The molecule has 0 aliphatic carbocycles. The molecule has 0 aromatic heterocycles. The highest BCUT2D eigenvalue weighted by Crippen LogP contribution is 2.17. The van der Waals surface area contributed by atoms with Gasteiger partial charge in [-0.2, -0.15) is 10.4 Å². The molecule has 24 heavy (non-hydrogen) atoms. The Morgan fingerprint density at radius 1 is 1.17 bits per heavy atom. The van der Waals surface area contributed by atoms with Crippen LogP contribution in [0.3, 0.4) is 0 Å². The van der Waals surface area contributed by atoms with Crippen molar-refractivity contribution in [3.63, 3.8) is 0 Å². The second-order valence-corrected chi connectivity index (χ2v) is 5.31. The molecule has 0 spiro atoms. The molecule has 6 heteroatoms. The van der Waals surface area contributed by atoms with Crippen molar-refractivity contribution in [2.24, 2.45) is 10.8 Å². The summed E-state index contributed by atoms with van der Waals surface area (Å²) >= 11 is 0. The van der Waals surface area contributed by atoms with Gasteiger partial charge in [-0.25, -0.2) is 0 Å². The molecule has 0 unspecified atom stereocenters. The van der Waals surface area contributed by atoms with Crippen LogP contribution in [0.15, 0.2) is 47.6 Å². The number of nitrogens with two attached hydrogens (primary N) is 1. The van der Waals surface area contributed by atoms with Crippen molar-refractivity contribution >= 4 is 23.0 Å². The molecule has 2 aromatic carbocycles. The highest BCUT2D eigenvalue weighted by Gasteiger charge is 2.10. The van der Waals surface area contributed by atoms with Gasteiger partial charge >= 0.3 is 0 Å². The molecule has 0 aliphatic rings. The molecule has 0 amide bonds. The predicted octanol–water partition coefficient (Wildman–Crippen LogP) is 2.76. The maximum absolute atomic E-state index is 12.6. The van der Waals surface area contributed by atoms with E-state index in [1.165, 1.54) is 0 Å².